The van der Waals surface area contributed by atoms with E-state index in [9.17, 15) is 9.59 Å². The molecule has 0 saturated carbocycles. The zero-order valence-electron chi connectivity index (χ0n) is 11.9. The van der Waals surface area contributed by atoms with Crippen molar-refractivity contribution in [3.8, 4) is 0 Å². The van der Waals surface area contributed by atoms with E-state index in [1.54, 1.807) is 28.8 Å². The Kier molecular flexibility index (Phi) is 4.44. The molecule has 1 heterocycles. The average Bonchev–Trinajstić information content (AvgIpc) is 3.05. The first-order valence-electron chi connectivity index (χ1n) is 7.05. The third-order valence-corrected chi connectivity index (χ3v) is 4.52. The number of benzene rings is 2. The number of carbonyl (C=O) groups is 2. The molecule has 2 aromatic carbocycles. The lowest BCUT2D eigenvalue weighted by Gasteiger charge is -2.23. The van der Waals surface area contributed by atoms with Crippen LogP contribution in [-0.2, 0) is 4.79 Å². The number of hydrogen-bond donors (Lipinski definition) is 1. The third kappa shape index (κ3) is 3.14. The second-order valence-corrected chi connectivity index (χ2v) is 6.01. The monoisotopic (exact) mass is 312 g/mol. The van der Waals surface area contributed by atoms with Crippen LogP contribution >= 0.6 is 11.8 Å². The second-order valence-electron chi connectivity index (χ2n) is 5.01. The lowest BCUT2D eigenvalue weighted by molar-refractivity contribution is -0.119. The Hall–Kier alpha value is -2.27. The molecule has 1 N–H and O–H groups in total. The van der Waals surface area contributed by atoms with E-state index in [0.717, 1.165) is 5.69 Å². The van der Waals surface area contributed by atoms with E-state index in [2.05, 4.69) is 5.32 Å². The van der Waals surface area contributed by atoms with Crippen LogP contribution < -0.4 is 5.32 Å². The molecule has 0 spiro atoms. The van der Waals surface area contributed by atoms with Crippen LogP contribution in [0.25, 0.3) is 0 Å². The van der Waals surface area contributed by atoms with Crippen LogP contribution in [0.1, 0.15) is 10.4 Å². The highest BCUT2D eigenvalue weighted by molar-refractivity contribution is 7.99. The van der Waals surface area contributed by atoms with E-state index in [0.29, 0.717) is 17.2 Å². The molecule has 2 aromatic rings. The minimum Gasteiger partial charge on any atom is -0.324 e. The Morgan fingerprint density at radius 2 is 1.64 bits per heavy atom. The first-order chi connectivity index (χ1) is 10.8. The third-order valence-electron chi connectivity index (χ3n) is 3.51. The summed E-state index contributed by atoms with van der Waals surface area (Å²) in [6.45, 7) is 0. The number of nitrogens with one attached hydrogen (secondary N) is 1. The molecule has 0 radical (unpaired) electrons. The molecular weight excluding hydrogens is 296 g/mol. The van der Waals surface area contributed by atoms with Crippen molar-refractivity contribution in [2.75, 3.05) is 16.9 Å². The highest BCUT2D eigenvalue weighted by Crippen LogP contribution is 2.24. The van der Waals surface area contributed by atoms with E-state index in [1.165, 1.54) is 0 Å². The van der Waals surface area contributed by atoms with Crippen LogP contribution in [0.4, 0.5) is 5.69 Å². The number of nitrogens with zero attached hydrogens (tertiary/aromatic N) is 1. The van der Waals surface area contributed by atoms with Gasteiger partial charge in [0.1, 0.15) is 6.04 Å². The SMILES string of the molecule is O=C(Nc1ccccc1)C1CSCN1C(=O)c1ccccc1. The van der Waals surface area contributed by atoms with Crippen LogP contribution in [0.3, 0.4) is 0 Å². The van der Waals surface area contributed by atoms with E-state index in [-0.39, 0.29) is 11.8 Å². The maximum atomic E-state index is 12.5. The molecule has 2 amide bonds. The fraction of sp³-hybridized carbons (Fsp3) is 0.176. The number of amides is 2. The van der Waals surface area contributed by atoms with Crippen molar-refractivity contribution < 1.29 is 9.59 Å². The highest BCUT2D eigenvalue weighted by Gasteiger charge is 2.35. The zero-order valence-corrected chi connectivity index (χ0v) is 12.8. The maximum Gasteiger partial charge on any atom is 0.255 e. The topological polar surface area (TPSA) is 49.4 Å². The second kappa shape index (κ2) is 6.66. The van der Waals surface area contributed by atoms with E-state index in [1.807, 2.05) is 48.5 Å². The summed E-state index contributed by atoms with van der Waals surface area (Å²) < 4.78 is 0. The van der Waals surface area contributed by atoms with Gasteiger partial charge in [-0.1, -0.05) is 36.4 Å². The van der Waals surface area contributed by atoms with Gasteiger partial charge >= 0.3 is 0 Å². The molecule has 1 atom stereocenters. The van der Waals surface area contributed by atoms with Gasteiger partial charge in [0.05, 0.1) is 5.88 Å². The summed E-state index contributed by atoms with van der Waals surface area (Å²) in [4.78, 5) is 26.6. The summed E-state index contributed by atoms with van der Waals surface area (Å²) in [6.07, 6.45) is 0. The Morgan fingerprint density at radius 3 is 2.32 bits per heavy atom. The molecule has 0 aliphatic carbocycles. The van der Waals surface area contributed by atoms with Crippen LogP contribution in [-0.4, -0.2) is 34.4 Å². The maximum absolute atomic E-state index is 12.5. The molecule has 0 aromatic heterocycles. The fourth-order valence-electron chi connectivity index (χ4n) is 2.35. The average molecular weight is 312 g/mol. The number of rotatable bonds is 3. The molecule has 5 heteroatoms. The smallest absolute Gasteiger partial charge is 0.255 e. The molecule has 1 aliphatic heterocycles. The Labute approximate surface area is 133 Å². The summed E-state index contributed by atoms with van der Waals surface area (Å²) in [7, 11) is 0. The van der Waals surface area contributed by atoms with Gasteiger partial charge in [0.25, 0.3) is 5.91 Å². The number of thioether (sulfide) groups is 1. The zero-order chi connectivity index (χ0) is 15.4. The van der Waals surface area contributed by atoms with Crippen molar-refractivity contribution >= 4 is 29.3 Å². The minimum absolute atomic E-state index is 0.0983. The van der Waals surface area contributed by atoms with Crippen LogP contribution in [0.15, 0.2) is 60.7 Å². The highest BCUT2D eigenvalue weighted by atomic mass is 32.2. The van der Waals surface area contributed by atoms with Gasteiger partial charge < -0.3 is 10.2 Å². The minimum atomic E-state index is -0.432. The first kappa shape index (κ1) is 14.7. The number of anilines is 1. The van der Waals surface area contributed by atoms with Crippen molar-refractivity contribution in [3.63, 3.8) is 0 Å². The van der Waals surface area contributed by atoms with Gasteiger partial charge in [-0.3, -0.25) is 9.59 Å². The van der Waals surface area contributed by atoms with Gasteiger partial charge in [-0.15, -0.1) is 11.8 Å². The molecule has 1 fully saturated rings. The summed E-state index contributed by atoms with van der Waals surface area (Å²) in [5.41, 5.74) is 1.36. The van der Waals surface area contributed by atoms with Gasteiger partial charge in [-0.05, 0) is 24.3 Å². The lowest BCUT2D eigenvalue weighted by Crippen LogP contribution is -2.44. The summed E-state index contributed by atoms with van der Waals surface area (Å²) in [6, 6.07) is 17.9. The largest absolute Gasteiger partial charge is 0.324 e. The predicted molar refractivity (Wildman–Crippen MR) is 88.8 cm³/mol. The number of carbonyl (C=O) groups excluding carboxylic acids is 2. The van der Waals surface area contributed by atoms with E-state index in [4.69, 9.17) is 0 Å². The van der Waals surface area contributed by atoms with Crippen LogP contribution in [0, 0.1) is 0 Å². The summed E-state index contributed by atoms with van der Waals surface area (Å²) >= 11 is 1.60. The van der Waals surface area contributed by atoms with Crippen LogP contribution in [0.5, 0.6) is 0 Å². The lowest BCUT2D eigenvalue weighted by atomic mass is 10.1. The molecule has 22 heavy (non-hydrogen) atoms. The molecule has 1 unspecified atom stereocenters. The molecule has 0 bridgehead atoms. The van der Waals surface area contributed by atoms with E-state index >= 15 is 0 Å². The molecular formula is C17H16N2O2S. The van der Waals surface area contributed by atoms with Crippen molar-refractivity contribution in [2.45, 2.75) is 6.04 Å². The van der Waals surface area contributed by atoms with Crippen molar-refractivity contribution in [1.82, 2.24) is 4.90 Å². The molecule has 4 nitrogen and oxygen atoms in total. The quantitative estimate of drug-likeness (QED) is 0.948. The fourth-order valence-corrected chi connectivity index (χ4v) is 3.51. The summed E-state index contributed by atoms with van der Waals surface area (Å²) in [5, 5.41) is 2.87. The molecule has 3 rings (SSSR count). The predicted octanol–water partition coefficient (Wildman–Crippen LogP) is 2.84. The van der Waals surface area contributed by atoms with Crippen molar-refractivity contribution in [3.05, 3.63) is 66.2 Å². The van der Waals surface area contributed by atoms with Crippen molar-refractivity contribution in [2.24, 2.45) is 0 Å². The van der Waals surface area contributed by atoms with Gasteiger partial charge in [0.2, 0.25) is 5.91 Å². The standard InChI is InChI=1S/C17H16N2O2S/c20-16(18-14-9-5-2-6-10-14)15-11-22-12-19(15)17(21)13-7-3-1-4-8-13/h1-10,15H,11-12H2,(H,18,20). The number of hydrogen-bond acceptors (Lipinski definition) is 3. The molecule has 1 saturated heterocycles. The van der Waals surface area contributed by atoms with Crippen molar-refractivity contribution in [1.29, 1.82) is 0 Å². The number of para-hydroxylation sites is 1. The van der Waals surface area contributed by atoms with Gasteiger partial charge in [-0.2, -0.15) is 0 Å². The molecule has 1 aliphatic rings. The molecule has 112 valence electrons. The van der Waals surface area contributed by atoms with Gasteiger partial charge in [-0.25, -0.2) is 0 Å². The van der Waals surface area contributed by atoms with E-state index < -0.39 is 6.04 Å². The Balaban J connectivity index is 1.73. The summed E-state index contributed by atoms with van der Waals surface area (Å²) in [5.74, 6) is 0.928. The van der Waals surface area contributed by atoms with Gasteiger partial charge in [0, 0.05) is 17.0 Å². The first-order valence-corrected chi connectivity index (χ1v) is 8.21. The van der Waals surface area contributed by atoms with Crippen LogP contribution in [0.2, 0.25) is 0 Å². The van der Waals surface area contributed by atoms with Gasteiger partial charge in [0.15, 0.2) is 0 Å². The Morgan fingerprint density at radius 1 is 1.00 bits per heavy atom. The normalized spacial score (nSPS) is 17.3. The Bertz CT molecular complexity index is 661.